The van der Waals surface area contributed by atoms with E-state index in [9.17, 15) is 0 Å². The van der Waals surface area contributed by atoms with Gasteiger partial charge in [-0.3, -0.25) is 0 Å². The average molecular weight is 281 g/mol. The van der Waals surface area contributed by atoms with Crippen molar-refractivity contribution in [2.45, 2.75) is 45.6 Å². The summed E-state index contributed by atoms with van der Waals surface area (Å²) < 4.78 is 0. The maximum atomic E-state index is 6.40. The number of hydrogen-bond donors (Lipinski definition) is 1. The van der Waals surface area contributed by atoms with Gasteiger partial charge in [-0.15, -0.1) is 0 Å². The molecule has 2 rings (SSSR count). The van der Waals surface area contributed by atoms with E-state index in [1.165, 1.54) is 37.8 Å². The summed E-state index contributed by atoms with van der Waals surface area (Å²) in [4.78, 5) is 2.44. The standard InChI is InChI=1S/C16H25ClN2/c1-2-4-13-5-3-9-19(10-8-13)16-7-6-14(12-18)11-15(16)17/h6-7,11,13H,2-5,8-10,12,18H2,1H3. The molecule has 0 spiro atoms. The fourth-order valence-corrected chi connectivity index (χ4v) is 3.36. The molecule has 3 heteroatoms. The average Bonchev–Trinajstić information content (AvgIpc) is 2.65. The summed E-state index contributed by atoms with van der Waals surface area (Å²) in [5, 5.41) is 0.844. The molecule has 1 aliphatic rings. The highest BCUT2D eigenvalue weighted by atomic mass is 35.5. The first-order valence-electron chi connectivity index (χ1n) is 7.48. The van der Waals surface area contributed by atoms with E-state index in [0.717, 1.165) is 29.6 Å². The van der Waals surface area contributed by atoms with Gasteiger partial charge in [-0.1, -0.05) is 37.4 Å². The van der Waals surface area contributed by atoms with Crippen molar-refractivity contribution in [3.05, 3.63) is 28.8 Å². The van der Waals surface area contributed by atoms with Gasteiger partial charge in [0.05, 0.1) is 10.7 Å². The topological polar surface area (TPSA) is 29.3 Å². The van der Waals surface area contributed by atoms with Gasteiger partial charge in [0, 0.05) is 19.6 Å². The van der Waals surface area contributed by atoms with E-state index in [4.69, 9.17) is 17.3 Å². The molecule has 0 bridgehead atoms. The van der Waals surface area contributed by atoms with Crippen LogP contribution in [0.3, 0.4) is 0 Å². The number of benzene rings is 1. The van der Waals surface area contributed by atoms with E-state index in [1.54, 1.807) is 0 Å². The summed E-state index contributed by atoms with van der Waals surface area (Å²) in [5.74, 6) is 0.900. The molecule has 1 aromatic carbocycles. The van der Waals surface area contributed by atoms with Crippen LogP contribution in [-0.2, 0) is 6.54 Å². The van der Waals surface area contributed by atoms with Crippen LogP contribution in [0.25, 0.3) is 0 Å². The molecule has 0 radical (unpaired) electrons. The first-order chi connectivity index (χ1) is 9.24. The summed E-state index contributed by atoms with van der Waals surface area (Å²) in [5.41, 5.74) is 7.93. The van der Waals surface area contributed by atoms with E-state index in [0.29, 0.717) is 6.54 Å². The van der Waals surface area contributed by atoms with Crippen LogP contribution in [0.5, 0.6) is 0 Å². The van der Waals surface area contributed by atoms with Gasteiger partial charge in [-0.25, -0.2) is 0 Å². The van der Waals surface area contributed by atoms with Crippen molar-refractivity contribution in [2.75, 3.05) is 18.0 Å². The van der Waals surface area contributed by atoms with Crippen LogP contribution in [-0.4, -0.2) is 13.1 Å². The molecule has 0 amide bonds. The summed E-state index contributed by atoms with van der Waals surface area (Å²) in [6.45, 7) is 5.10. The van der Waals surface area contributed by atoms with Crippen molar-refractivity contribution in [1.29, 1.82) is 0 Å². The van der Waals surface area contributed by atoms with Crippen LogP contribution in [0.1, 0.15) is 44.6 Å². The van der Waals surface area contributed by atoms with Gasteiger partial charge in [0.25, 0.3) is 0 Å². The SMILES string of the molecule is CCCC1CCCN(c2ccc(CN)cc2Cl)CC1. The van der Waals surface area contributed by atoms with Crippen molar-refractivity contribution < 1.29 is 0 Å². The lowest BCUT2D eigenvalue weighted by Crippen LogP contribution is -2.24. The predicted octanol–water partition coefficient (Wildman–Crippen LogP) is 4.21. The molecule has 1 aliphatic heterocycles. The maximum Gasteiger partial charge on any atom is 0.0642 e. The van der Waals surface area contributed by atoms with Gasteiger partial charge in [0.15, 0.2) is 0 Å². The van der Waals surface area contributed by atoms with E-state index < -0.39 is 0 Å². The molecule has 0 aliphatic carbocycles. The molecule has 1 unspecified atom stereocenters. The summed E-state index contributed by atoms with van der Waals surface area (Å²) >= 11 is 6.40. The van der Waals surface area contributed by atoms with Crippen LogP contribution in [0.4, 0.5) is 5.69 Å². The van der Waals surface area contributed by atoms with Gasteiger partial charge >= 0.3 is 0 Å². The molecule has 106 valence electrons. The van der Waals surface area contributed by atoms with Crippen molar-refractivity contribution in [3.8, 4) is 0 Å². The molecular formula is C16H25ClN2. The fraction of sp³-hybridized carbons (Fsp3) is 0.625. The zero-order valence-electron chi connectivity index (χ0n) is 11.9. The third kappa shape index (κ3) is 3.87. The molecule has 0 aromatic heterocycles. The minimum Gasteiger partial charge on any atom is -0.370 e. The normalized spacial score (nSPS) is 20.4. The Bertz CT molecular complexity index is 406. The smallest absolute Gasteiger partial charge is 0.0642 e. The molecule has 1 atom stereocenters. The van der Waals surface area contributed by atoms with E-state index in [-0.39, 0.29) is 0 Å². The summed E-state index contributed by atoms with van der Waals surface area (Å²) in [6, 6.07) is 6.23. The highest BCUT2D eigenvalue weighted by Gasteiger charge is 2.18. The Hall–Kier alpha value is -0.730. The van der Waals surface area contributed by atoms with Crippen LogP contribution in [0, 0.1) is 5.92 Å². The van der Waals surface area contributed by atoms with Crippen LogP contribution >= 0.6 is 11.6 Å². The number of halogens is 1. The monoisotopic (exact) mass is 280 g/mol. The Morgan fingerprint density at radius 2 is 2.16 bits per heavy atom. The van der Waals surface area contributed by atoms with Crippen molar-refractivity contribution >= 4 is 17.3 Å². The first-order valence-corrected chi connectivity index (χ1v) is 7.85. The number of hydrogen-bond acceptors (Lipinski definition) is 2. The van der Waals surface area contributed by atoms with Crippen LogP contribution < -0.4 is 10.6 Å². The summed E-state index contributed by atoms with van der Waals surface area (Å²) in [7, 11) is 0. The van der Waals surface area contributed by atoms with Gasteiger partial charge in [0.1, 0.15) is 0 Å². The van der Waals surface area contributed by atoms with Crippen LogP contribution in [0.2, 0.25) is 5.02 Å². The van der Waals surface area contributed by atoms with Gasteiger partial charge in [-0.2, -0.15) is 0 Å². The van der Waals surface area contributed by atoms with E-state index >= 15 is 0 Å². The number of rotatable bonds is 4. The first kappa shape index (κ1) is 14.7. The molecule has 1 aromatic rings. The number of nitrogens with two attached hydrogens (primary N) is 1. The highest BCUT2D eigenvalue weighted by molar-refractivity contribution is 6.33. The lowest BCUT2D eigenvalue weighted by atomic mass is 9.96. The predicted molar refractivity (Wildman–Crippen MR) is 83.8 cm³/mol. The largest absolute Gasteiger partial charge is 0.370 e. The van der Waals surface area contributed by atoms with E-state index in [2.05, 4.69) is 24.0 Å². The second kappa shape index (κ2) is 7.16. The molecule has 2 N–H and O–H groups in total. The zero-order chi connectivity index (χ0) is 13.7. The third-order valence-electron chi connectivity index (χ3n) is 4.13. The Labute approximate surface area is 121 Å². The second-order valence-corrected chi connectivity index (χ2v) is 5.97. The molecular weight excluding hydrogens is 256 g/mol. The number of nitrogens with zero attached hydrogens (tertiary/aromatic N) is 1. The fourth-order valence-electron chi connectivity index (χ4n) is 3.04. The zero-order valence-corrected chi connectivity index (χ0v) is 12.6. The second-order valence-electron chi connectivity index (χ2n) is 5.56. The van der Waals surface area contributed by atoms with Gasteiger partial charge in [0.2, 0.25) is 0 Å². The molecule has 1 heterocycles. The van der Waals surface area contributed by atoms with Crippen molar-refractivity contribution in [3.63, 3.8) is 0 Å². The Kier molecular flexibility index (Phi) is 5.53. The van der Waals surface area contributed by atoms with Gasteiger partial charge in [-0.05, 0) is 42.9 Å². The summed E-state index contributed by atoms with van der Waals surface area (Å²) in [6.07, 6.45) is 6.61. The van der Waals surface area contributed by atoms with E-state index in [1.807, 2.05) is 6.07 Å². The Balaban J connectivity index is 2.05. The quantitative estimate of drug-likeness (QED) is 0.895. The molecule has 1 fully saturated rings. The lowest BCUT2D eigenvalue weighted by Gasteiger charge is -2.24. The maximum absolute atomic E-state index is 6.40. The molecule has 1 saturated heterocycles. The molecule has 0 saturated carbocycles. The number of anilines is 1. The van der Waals surface area contributed by atoms with Crippen molar-refractivity contribution in [2.24, 2.45) is 11.7 Å². The highest BCUT2D eigenvalue weighted by Crippen LogP contribution is 2.30. The minimum absolute atomic E-state index is 0.554. The van der Waals surface area contributed by atoms with Crippen molar-refractivity contribution in [1.82, 2.24) is 0 Å². The lowest BCUT2D eigenvalue weighted by molar-refractivity contribution is 0.435. The Morgan fingerprint density at radius 1 is 1.32 bits per heavy atom. The van der Waals surface area contributed by atoms with Crippen LogP contribution in [0.15, 0.2) is 18.2 Å². The third-order valence-corrected chi connectivity index (χ3v) is 4.44. The molecule has 2 nitrogen and oxygen atoms in total. The minimum atomic E-state index is 0.554. The van der Waals surface area contributed by atoms with Gasteiger partial charge < -0.3 is 10.6 Å². The Morgan fingerprint density at radius 3 is 2.84 bits per heavy atom. The molecule has 19 heavy (non-hydrogen) atoms.